The normalized spacial score (nSPS) is 12.6. The molecule has 0 aliphatic rings. The molecule has 0 spiro atoms. The molecule has 3 aromatic rings. The molecule has 0 aliphatic heterocycles. The Balaban J connectivity index is 0.000000521. The van der Waals surface area contributed by atoms with E-state index in [2.05, 4.69) is 116 Å². The molecule has 3 aromatic carbocycles. The van der Waals surface area contributed by atoms with Crippen molar-refractivity contribution in [2.75, 3.05) is 0 Å². The maximum atomic E-state index is 10.7. The predicted molar refractivity (Wildman–Crippen MR) is 138 cm³/mol. The fraction of sp³-hybridized carbons (Fsp3) is 0.379. The van der Waals surface area contributed by atoms with Crippen molar-refractivity contribution in [1.82, 2.24) is 0 Å². The summed E-state index contributed by atoms with van der Waals surface area (Å²) in [7, 11) is -6.09. The molecule has 0 radical (unpaired) electrons. The molecule has 202 valence electrons. The molecule has 3 rings (SSSR count). The summed E-state index contributed by atoms with van der Waals surface area (Å²) in [6.07, 6.45) is 0. The van der Waals surface area contributed by atoms with E-state index in [4.69, 9.17) is 13.0 Å². The first kappa shape index (κ1) is 31.3. The van der Waals surface area contributed by atoms with Crippen LogP contribution >= 0.6 is 0 Å². The Labute approximate surface area is 229 Å². The monoisotopic (exact) mass is 646 g/mol. The van der Waals surface area contributed by atoms with Crippen molar-refractivity contribution in [3.8, 4) is 0 Å². The highest BCUT2D eigenvalue weighted by Gasteiger charge is 2.37. The zero-order valence-electron chi connectivity index (χ0n) is 22.4. The summed E-state index contributed by atoms with van der Waals surface area (Å²) in [5.74, 6) is 0. The molecule has 0 saturated heterocycles. The Morgan fingerprint density at radius 2 is 1.19 bits per heavy atom. The Morgan fingerprint density at radius 3 is 1.62 bits per heavy atom. The van der Waals surface area contributed by atoms with E-state index in [0.717, 1.165) is 0 Å². The number of alkyl halides is 3. The molecule has 0 bridgehead atoms. The lowest BCUT2D eigenvalue weighted by Gasteiger charge is -2.28. The molecule has 37 heavy (non-hydrogen) atoms. The van der Waals surface area contributed by atoms with Gasteiger partial charge in [0.15, 0.2) is 17.3 Å². The molecular weight excluding hydrogens is 612 g/mol. The standard InChI is InChI=1S/C28H34I.CHF3O3S/c1-19-14-20(2)26(21(3)15-19)29-25-17-23(27(4,5)6)16-24(18-25)28(7,8)22-12-10-9-11-13-22;2-1(3,4)8(5,6)7/h9-18H,1-8H3;(H,5,6,7)/q+1;/p-1. The minimum Gasteiger partial charge on any atom is -0.741 e. The lowest BCUT2D eigenvalue weighted by molar-refractivity contribution is -0.598. The summed E-state index contributed by atoms with van der Waals surface area (Å²) < 4.78 is 62.0. The summed E-state index contributed by atoms with van der Waals surface area (Å²) in [5, 5.41) is 0. The van der Waals surface area contributed by atoms with Crippen molar-refractivity contribution < 1.29 is 47.3 Å². The average molecular weight is 647 g/mol. The van der Waals surface area contributed by atoms with Gasteiger partial charge in [0.2, 0.25) is 0 Å². The third-order valence-electron chi connectivity index (χ3n) is 6.05. The predicted octanol–water partition coefficient (Wildman–Crippen LogP) is 4.42. The first-order valence-corrected chi connectivity index (χ1v) is 15.3. The molecule has 8 heteroatoms. The van der Waals surface area contributed by atoms with Crippen LogP contribution in [0.5, 0.6) is 0 Å². The van der Waals surface area contributed by atoms with E-state index in [1.54, 1.807) is 3.57 Å². The van der Waals surface area contributed by atoms with Crippen molar-refractivity contribution in [1.29, 1.82) is 0 Å². The third-order valence-corrected chi connectivity index (χ3v) is 10.1. The molecule has 0 saturated carbocycles. The number of hydrogen-bond donors (Lipinski definition) is 0. The van der Waals surface area contributed by atoms with Gasteiger partial charge in [-0.2, -0.15) is 13.2 Å². The van der Waals surface area contributed by atoms with Crippen LogP contribution in [0, 0.1) is 27.9 Å². The number of hydrogen-bond acceptors (Lipinski definition) is 3. The summed E-state index contributed by atoms with van der Waals surface area (Å²) >= 11 is -0.228. The van der Waals surface area contributed by atoms with Crippen LogP contribution in [0.2, 0.25) is 0 Å². The zero-order valence-corrected chi connectivity index (χ0v) is 25.4. The van der Waals surface area contributed by atoms with Gasteiger partial charge in [-0.25, -0.2) is 8.42 Å². The minimum absolute atomic E-state index is 0.0155. The quantitative estimate of drug-likeness (QED) is 0.240. The Hall–Kier alpha value is -1.91. The van der Waals surface area contributed by atoms with Crippen LogP contribution in [0.4, 0.5) is 13.2 Å². The Morgan fingerprint density at radius 1 is 0.730 bits per heavy atom. The summed E-state index contributed by atoms with van der Waals surface area (Å²) in [6.45, 7) is 18.4. The van der Waals surface area contributed by atoms with Crippen LogP contribution < -0.4 is 21.2 Å². The van der Waals surface area contributed by atoms with Gasteiger partial charge >= 0.3 is 26.7 Å². The summed E-state index contributed by atoms with van der Waals surface area (Å²) in [5.41, 5.74) is 2.97. The van der Waals surface area contributed by atoms with Crippen LogP contribution in [0.25, 0.3) is 0 Å². The first-order valence-electron chi connectivity index (χ1n) is 11.7. The van der Waals surface area contributed by atoms with Crippen LogP contribution in [-0.2, 0) is 20.9 Å². The van der Waals surface area contributed by atoms with Gasteiger partial charge in [-0.1, -0.05) is 88.7 Å². The van der Waals surface area contributed by atoms with Crippen LogP contribution in [0.3, 0.4) is 0 Å². The Kier molecular flexibility index (Phi) is 9.69. The largest absolute Gasteiger partial charge is 0.741 e. The van der Waals surface area contributed by atoms with Crippen LogP contribution in [-0.4, -0.2) is 18.5 Å². The van der Waals surface area contributed by atoms with Crippen molar-refractivity contribution in [2.24, 2.45) is 0 Å². The van der Waals surface area contributed by atoms with E-state index in [1.165, 1.54) is 37.0 Å². The van der Waals surface area contributed by atoms with Crippen LogP contribution in [0.15, 0.2) is 60.7 Å². The third kappa shape index (κ3) is 8.29. The van der Waals surface area contributed by atoms with Gasteiger partial charge in [0, 0.05) is 16.5 Å². The van der Waals surface area contributed by atoms with E-state index in [-0.39, 0.29) is 32.0 Å². The molecular formula is C29H34F3IO3S. The maximum absolute atomic E-state index is 10.7. The molecule has 0 fully saturated rings. The van der Waals surface area contributed by atoms with E-state index >= 15 is 0 Å². The van der Waals surface area contributed by atoms with Crippen molar-refractivity contribution >= 4 is 10.1 Å². The van der Waals surface area contributed by atoms with Gasteiger partial charge in [0.1, 0.15) is 0 Å². The molecule has 0 heterocycles. The van der Waals surface area contributed by atoms with E-state index < -0.39 is 15.6 Å². The fourth-order valence-electron chi connectivity index (χ4n) is 3.88. The smallest absolute Gasteiger partial charge is 0.485 e. The maximum Gasteiger partial charge on any atom is 0.485 e. The summed E-state index contributed by atoms with van der Waals surface area (Å²) in [6, 6.07) is 23.0. The van der Waals surface area contributed by atoms with Crippen LogP contribution in [0.1, 0.15) is 68.0 Å². The van der Waals surface area contributed by atoms with E-state index in [9.17, 15) is 13.2 Å². The molecule has 0 unspecified atom stereocenters. The highest BCUT2D eigenvalue weighted by Crippen LogP contribution is 2.34. The lowest BCUT2D eigenvalue weighted by Crippen LogP contribution is -3.62. The first-order chi connectivity index (χ1) is 16.7. The van der Waals surface area contributed by atoms with Gasteiger partial charge in [0.25, 0.3) is 0 Å². The number of benzene rings is 3. The van der Waals surface area contributed by atoms with E-state index in [0.29, 0.717) is 0 Å². The second-order valence-electron chi connectivity index (χ2n) is 10.7. The molecule has 0 aliphatic carbocycles. The van der Waals surface area contributed by atoms with Crippen molar-refractivity contribution in [3.05, 3.63) is 101 Å². The summed E-state index contributed by atoms with van der Waals surface area (Å²) in [4.78, 5) is 0. The van der Waals surface area contributed by atoms with Gasteiger partial charge < -0.3 is 4.55 Å². The second kappa shape index (κ2) is 11.5. The lowest BCUT2D eigenvalue weighted by atomic mass is 9.76. The number of rotatable bonds is 4. The second-order valence-corrected chi connectivity index (χ2v) is 14.9. The SMILES string of the molecule is Cc1cc(C)c([I+]c2cc(C(C)(C)C)cc(C(C)(C)c3ccccc3)c2)c(C)c1.O=S(=O)([O-])C(F)(F)F. The van der Waals surface area contributed by atoms with Gasteiger partial charge in [-0.3, -0.25) is 0 Å². The van der Waals surface area contributed by atoms with Gasteiger partial charge in [-0.15, -0.1) is 0 Å². The average Bonchev–Trinajstić information content (AvgIpc) is 2.75. The molecule has 0 atom stereocenters. The molecule has 3 nitrogen and oxygen atoms in total. The zero-order chi connectivity index (χ0) is 28.4. The number of aryl methyl sites for hydroxylation is 3. The van der Waals surface area contributed by atoms with Gasteiger partial charge in [-0.05, 0) is 55.0 Å². The molecule has 0 amide bonds. The fourth-order valence-corrected chi connectivity index (χ4v) is 6.65. The van der Waals surface area contributed by atoms with Crippen molar-refractivity contribution in [3.63, 3.8) is 0 Å². The molecule has 0 N–H and O–H groups in total. The van der Waals surface area contributed by atoms with Gasteiger partial charge in [0.05, 0.1) is 0 Å². The van der Waals surface area contributed by atoms with E-state index in [1.807, 2.05) is 0 Å². The number of halogens is 4. The topological polar surface area (TPSA) is 57.2 Å². The minimum atomic E-state index is -6.09. The molecule has 0 aromatic heterocycles. The Bertz CT molecular complexity index is 1320. The van der Waals surface area contributed by atoms with Crippen molar-refractivity contribution in [2.45, 2.75) is 71.7 Å². The highest BCUT2D eigenvalue weighted by atomic mass is 127. The highest BCUT2D eigenvalue weighted by molar-refractivity contribution is 7.86.